The summed E-state index contributed by atoms with van der Waals surface area (Å²) < 4.78 is 6.94. The van der Waals surface area contributed by atoms with Crippen LogP contribution < -0.4 is 0 Å². The van der Waals surface area contributed by atoms with Gasteiger partial charge in [0.2, 0.25) is 0 Å². The average molecular weight is 272 g/mol. The summed E-state index contributed by atoms with van der Waals surface area (Å²) in [6.07, 6.45) is 2.65. The van der Waals surface area contributed by atoms with Gasteiger partial charge >= 0.3 is 0 Å². The minimum Gasteiger partial charge on any atom is -0.384 e. The first-order chi connectivity index (χ1) is 9.56. The zero-order valence-electron chi connectivity index (χ0n) is 12.4. The van der Waals surface area contributed by atoms with Crippen LogP contribution in [-0.2, 0) is 4.74 Å². The third-order valence-corrected chi connectivity index (χ3v) is 3.39. The van der Waals surface area contributed by atoms with E-state index in [9.17, 15) is 4.79 Å². The summed E-state index contributed by atoms with van der Waals surface area (Å²) >= 11 is 0. The molecule has 1 heterocycles. The zero-order valence-corrected chi connectivity index (χ0v) is 12.4. The molecule has 0 radical (unpaired) electrons. The molecule has 1 aromatic heterocycles. The van der Waals surface area contributed by atoms with Gasteiger partial charge in [-0.05, 0) is 31.0 Å². The maximum Gasteiger partial charge on any atom is 0.153 e. The Kier molecular flexibility index (Phi) is 4.35. The lowest BCUT2D eigenvalue weighted by Gasteiger charge is -2.09. The van der Waals surface area contributed by atoms with Gasteiger partial charge in [-0.1, -0.05) is 19.1 Å². The number of carbonyl (C=O) groups excluding carboxylic acids is 1. The van der Waals surface area contributed by atoms with Crippen LogP contribution in [0.15, 0.2) is 24.4 Å². The molecule has 4 nitrogen and oxygen atoms in total. The van der Waals surface area contributed by atoms with E-state index >= 15 is 0 Å². The molecule has 0 aliphatic rings. The number of benzene rings is 1. The Morgan fingerprint density at radius 3 is 2.80 bits per heavy atom. The van der Waals surface area contributed by atoms with Crippen LogP contribution in [0.2, 0.25) is 0 Å². The van der Waals surface area contributed by atoms with Crippen LogP contribution in [0, 0.1) is 13.8 Å². The highest BCUT2D eigenvalue weighted by atomic mass is 16.5. The number of ether oxygens (including phenoxy) is 1. The van der Waals surface area contributed by atoms with Gasteiger partial charge in [0.15, 0.2) is 6.29 Å². The first-order valence-corrected chi connectivity index (χ1v) is 6.68. The summed E-state index contributed by atoms with van der Waals surface area (Å²) in [5, 5.41) is 4.58. The van der Waals surface area contributed by atoms with E-state index in [0.29, 0.717) is 12.2 Å². The van der Waals surface area contributed by atoms with Crippen LogP contribution in [0.25, 0.3) is 5.69 Å². The predicted octanol–water partition coefficient (Wildman–Crippen LogP) is 3.05. The Balaban J connectivity index is 2.48. The topological polar surface area (TPSA) is 44.1 Å². The Labute approximate surface area is 119 Å². The Morgan fingerprint density at radius 2 is 2.15 bits per heavy atom. The van der Waals surface area contributed by atoms with Crippen molar-refractivity contribution in [1.82, 2.24) is 9.78 Å². The van der Waals surface area contributed by atoms with Gasteiger partial charge in [0.1, 0.15) is 0 Å². The van der Waals surface area contributed by atoms with Gasteiger partial charge in [0.05, 0.1) is 23.6 Å². The SMILES string of the molecule is COCC(C)c1nn(-c2cc(C)ccc2C)cc1C=O. The van der Waals surface area contributed by atoms with Crippen LogP contribution in [0.5, 0.6) is 0 Å². The molecule has 1 aromatic carbocycles. The number of aromatic nitrogens is 2. The van der Waals surface area contributed by atoms with Crippen molar-refractivity contribution >= 4 is 6.29 Å². The molecule has 0 spiro atoms. The highest BCUT2D eigenvalue weighted by Crippen LogP contribution is 2.21. The fourth-order valence-corrected chi connectivity index (χ4v) is 2.29. The number of aryl methyl sites for hydroxylation is 2. The molecule has 0 fully saturated rings. The number of rotatable bonds is 5. The Hall–Kier alpha value is -1.94. The lowest BCUT2D eigenvalue weighted by atomic mass is 10.1. The van der Waals surface area contributed by atoms with Crippen molar-refractivity contribution in [3.05, 3.63) is 46.8 Å². The second kappa shape index (κ2) is 6.01. The molecule has 0 saturated heterocycles. The van der Waals surface area contributed by atoms with E-state index in [1.807, 2.05) is 20.8 Å². The highest BCUT2D eigenvalue weighted by Gasteiger charge is 2.16. The second-order valence-corrected chi connectivity index (χ2v) is 5.18. The monoisotopic (exact) mass is 272 g/mol. The minimum absolute atomic E-state index is 0.0894. The molecule has 2 aromatic rings. The van der Waals surface area contributed by atoms with Crippen molar-refractivity contribution in [1.29, 1.82) is 0 Å². The van der Waals surface area contributed by atoms with Crippen LogP contribution in [0.1, 0.15) is 40.0 Å². The third-order valence-electron chi connectivity index (χ3n) is 3.39. The molecule has 1 unspecified atom stereocenters. The van der Waals surface area contributed by atoms with Crippen molar-refractivity contribution in [3.63, 3.8) is 0 Å². The Morgan fingerprint density at radius 1 is 1.40 bits per heavy atom. The van der Waals surface area contributed by atoms with Gasteiger partial charge in [-0.2, -0.15) is 5.10 Å². The molecule has 0 aliphatic carbocycles. The van der Waals surface area contributed by atoms with E-state index in [2.05, 4.69) is 23.3 Å². The fraction of sp³-hybridized carbons (Fsp3) is 0.375. The molecule has 4 heteroatoms. The van der Waals surface area contributed by atoms with E-state index in [0.717, 1.165) is 23.2 Å². The molecule has 0 bridgehead atoms. The molecule has 106 valence electrons. The van der Waals surface area contributed by atoms with Gasteiger partial charge < -0.3 is 4.74 Å². The quantitative estimate of drug-likeness (QED) is 0.786. The van der Waals surface area contributed by atoms with Gasteiger partial charge in [0, 0.05) is 19.2 Å². The van der Waals surface area contributed by atoms with E-state index in [1.54, 1.807) is 18.0 Å². The van der Waals surface area contributed by atoms with Crippen molar-refractivity contribution < 1.29 is 9.53 Å². The normalized spacial score (nSPS) is 12.4. The van der Waals surface area contributed by atoms with E-state index in [4.69, 9.17) is 4.74 Å². The standard InChI is InChI=1S/C16H20N2O2/c1-11-5-6-12(2)15(7-11)18-8-14(9-19)16(17-18)13(3)10-20-4/h5-9,13H,10H2,1-4H3. The van der Waals surface area contributed by atoms with Crippen LogP contribution in [0.4, 0.5) is 0 Å². The van der Waals surface area contributed by atoms with Crippen molar-refractivity contribution in [2.75, 3.05) is 13.7 Å². The number of nitrogens with zero attached hydrogens (tertiary/aromatic N) is 2. The van der Waals surface area contributed by atoms with E-state index in [1.165, 1.54) is 5.56 Å². The van der Waals surface area contributed by atoms with Crippen LogP contribution >= 0.6 is 0 Å². The third kappa shape index (κ3) is 2.80. The van der Waals surface area contributed by atoms with Gasteiger partial charge in [-0.15, -0.1) is 0 Å². The summed E-state index contributed by atoms with van der Waals surface area (Å²) in [4.78, 5) is 11.2. The molecule has 0 aliphatic heterocycles. The molecule has 0 amide bonds. The van der Waals surface area contributed by atoms with Crippen molar-refractivity contribution in [2.45, 2.75) is 26.7 Å². The maximum absolute atomic E-state index is 11.2. The summed E-state index contributed by atoms with van der Waals surface area (Å²) in [7, 11) is 1.65. The highest BCUT2D eigenvalue weighted by molar-refractivity contribution is 5.76. The van der Waals surface area contributed by atoms with Crippen LogP contribution in [-0.4, -0.2) is 29.8 Å². The summed E-state index contributed by atoms with van der Waals surface area (Å²) in [6, 6.07) is 6.20. The fourth-order valence-electron chi connectivity index (χ4n) is 2.29. The number of aldehydes is 1. The smallest absolute Gasteiger partial charge is 0.153 e. The van der Waals surface area contributed by atoms with Gasteiger partial charge in [0.25, 0.3) is 0 Å². The molecule has 1 atom stereocenters. The molecular weight excluding hydrogens is 252 g/mol. The molecule has 0 saturated carbocycles. The van der Waals surface area contributed by atoms with Crippen molar-refractivity contribution in [3.8, 4) is 5.69 Å². The number of carbonyl (C=O) groups is 1. The summed E-state index contributed by atoms with van der Waals surface area (Å²) in [5.74, 6) is 0.0894. The largest absolute Gasteiger partial charge is 0.384 e. The summed E-state index contributed by atoms with van der Waals surface area (Å²) in [5.41, 5.74) is 4.70. The van der Waals surface area contributed by atoms with Crippen LogP contribution in [0.3, 0.4) is 0 Å². The molecule has 2 rings (SSSR count). The number of methoxy groups -OCH3 is 1. The first kappa shape index (κ1) is 14.5. The average Bonchev–Trinajstić information content (AvgIpc) is 2.86. The lowest BCUT2D eigenvalue weighted by molar-refractivity contribution is 0.112. The maximum atomic E-state index is 11.2. The van der Waals surface area contributed by atoms with Gasteiger partial charge in [-0.3, -0.25) is 4.79 Å². The van der Waals surface area contributed by atoms with E-state index in [-0.39, 0.29) is 5.92 Å². The van der Waals surface area contributed by atoms with Gasteiger partial charge in [-0.25, -0.2) is 4.68 Å². The predicted molar refractivity (Wildman–Crippen MR) is 78.7 cm³/mol. The first-order valence-electron chi connectivity index (χ1n) is 6.68. The molecule has 20 heavy (non-hydrogen) atoms. The van der Waals surface area contributed by atoms with Crippen molar-refractivity contribution in [2.24, 2.45) is 0 Å². The second-order valence-electron chi connectivity index (χ2n) is 5.18. The summed E-state index contributed by atoms with van der Waals surface area (Å²) in [6.45, 7) is 6.63. The number of hydrogen-bond acceptors (Lipinski definition) is 3. The zero-order chi connectivity index (χ0) is 14.7. The number of hydrogen-bond donors (Lipinski definition) is 0. The minimum atomic E-state index is 0.0894. The molecular formula is C16H20N2O2. The van der Waals surface area contributed by atoms with E-state index < -0.39 is 0 Å². The Bertz CT molecular complexity index is 617. The molecule has 0 N–H and O–H groups in total. The lowest BCUT2D eigenvalue weighted by Crippen LogP contribution is -2.06.